The van der Waals surface area contributed by atoms with Crippen molar-refractivity contribution in [2.24, 2.45) is 0 Å². The van der Waals surface area contributed by atoms with E-state index in [1.165, 1.54) is 0 Å². The van der Waals surface area contributed by atoms with E-state index < -0.39 is 5.97 Å². The minimum absolute atomic E-state index is 0.0687. The van der Waals surface area contributed by atoms with Crippen LogP contribution in [0.25, 0.3) is 0 Å². The Morgan fingerprint density at radius 2 is 2.05 bits per heavy atom. The van der Waals surface area contributed by atoms with Crippen molar-refractivity contribution in [3.8, 4) is 0 Å². The van der Waals surface area contributed by atoms with Gasteiger partial charge in [-0.2, -0.15) is 0 Å². The number of carboxylic acids is 1. The van der Waals surface area contributed by atoms with E-state index in [1.807, 2.05) is 0 Å². The van der Waals surface area contributed by atoms with Gasteiger partial charge in [0.15, 0.2) is 0 Å². The Kier molecular flexibility index (Phi) is 4.93. The molecule has 1 aromatic heterocycles. The molecular formula is C16H18N2O4. The van der Waals surface area contributed by atoms with Crippen LogP contribution in [0, 0.1) is 6.92 Å². The predicted molar refractivity (Wildman–Crippen MR) is 79.4 cm³/mol. The van der Waals surface area contributed by atoms with Gasteiger partial charge in [0.1, 0.15) is 11.5 Å². The third-order valence-corrected chi connectivity index (χ3v) is 3.36. The third-order valence-electron chi connectivity index (χ3n) is 3.36. The summed E-state index contributed by atoms with van der Waals surface area (Å²) in [6, 6.07) is 8.51. The number of benzene rings is 1. The van der Waals surface area contributed by atoms with E-state index in [0.29, 0.717) is 30.0 Å². The summed E-state index contributed by atoms with van der Waals surface area (Å²) in [5.41, 5.74) is 1.60. The van der Waals surface area contributed by atoms with Crippen molar-refractivity contribution in [1.82, 2.24) is 10.1 Å². The Balaban J connectivity index is 1.93. The summed E-state index contributed by atoms with van der Waals surface area (Å²) in [4.78, 5) is 24.8. The quantitative estimate of drug-likeness (QED) is 0.885. The number of aryl methyl sites for hydroxylation is 2. The summed E-state index contributed by atoms with van der Waals surface area (Å²) >= 11 is 0. The number of nitrogens with zero attached hydrogens (tertiary/aromatic N) is 2. The van der Waals surface area contributed by atoms with Crippen LogP contribution >= 0.6 is 0 Å². The highest BCUT2D eigenvalue weighted by molar-refractivity contribution is 5.89. The number of hydrogen-bond acceptors (Lipinski definition) is 4. The van der Waals surface area contributed by atoms with E-state index >= 15 is 0 Å². The molecule has 116 valence electrons. The summed E-state index contributed by atoms with van der Waals surface area (Å²) in [5, 5.41) is 13.0. The SMILES string of the molecule is Cc1cc(CN(C)C(=O)CCc2ccccc2C(=O)O)no1. The number of aromatic nitrogens is 1. The Morgan fingerprint density at radius 1 is 1.32 bits per heavy atom. The molecule has 0 unspecified atom stereocenters. The normalized spacial score (nSPS) is 10.5. The molecule has 1 amide bonds. The maximum atomic E-state index is 12.1. The topological polar surface area (TPSA) is 83.6 Å². The monoisotopic (exact) mass is 302 g/mol. The first-order valence-electron chi connectivity index (χ1n) is 6.94. The zero-order valence-corrected chi connectivity index (χ0v) is 12.6. The van der Waals surface area contributed by atoms with Gasteiger partial charge in [0.2, 0.25) is 5.91 Å². The molecule has 2 rings (SSSR count). The van der Waals surface area contributed by atoms with Gasteiger partial charge in [-0.15, -0.1) is 0 Å². The van der Waals surface area contributed by atoms with Gasteiger partial charge >= 0.3 is 5.97 Å². The molecule has 22 heavy (non-hydrogen) atoms. The van der Waals surface area contributed by atoms with Crippen LogP contribution in [0.15, 0.2) is 34.9 Å². The second-order valence-corrected chi connectivity index (χ2v) is 5.14. The maximum absolute atomic E-state index is 12.1. The lowest BCUT2D eigenvalue weighted by Gasteiger charge is -2.15. The molecule has 1 heterocycles. The lowest BCUT2D eigenvalue weighted by Crippen LogP contribution is -2.26. The molecule has 0 aliphatic heterocycles. The lowest BCUT2D eigenvalue weighted by atomic mass is 10.0. The summed E-state index contributed by atoms with van der Waals surface area (Å²) in [5.74, 6) is -0.346. The van der Waals surface area contributed by atoms with Crippen LogP contribution in [-0.4, -0.2) is 34.1 Å². The molecule has 0 aliphatic carbocycles. The van der Waals surface area contributed by atoms with Gasteiger partial charge in [-0.25, -0.2) is 4.79 Å². The molecule has 0 bridgehead atoms. The zero-order chi connectivity index (χ0) is 16.1. The van der Waals surface area contributed by atoms with Crippen LogP contribution < -0.4 is 0 Å². The van der Waals surface area contributed by atoms with Crippen LogP contribution in [0.4, 0.5) is 0 Å². The Bertz CT molecular complexity index is 678. The highest BCUT2D eigenvalue weighted by Crippen LogP contribution is 2.12. The van der Waals surface area contributed by atoms with Gasteiger partial charge in [-0.05, 0) is 25.0 Å². The van der Waals surface area contributed by atoms with Crippen molar-refractivity contribution in [3.05, 3.63) is 52.9 Å². The van der Waals surface area contributed by atoms with E-state index in [2.05, 4.69) is 5.16 Å². The van der Waals surface area contributed by atoms with E-state index in [-0.39, 0.29) is 17.9 Å². The number of rotatable bonds is 6. The van der Waals surface area contributed by atoms with Crippen LogP contribution in [0.2, 0.25) is 0 Å². The molecule has 0 aliphatic rings. The Hall–Kier alpha value is -2.63. The largest absolute Gasteiger partial charge is 0.478 e. The second-order valence-electron chi connectivity index (χ2n) is 5.14. The standard InChI is InChI=1S/C16H18N2O4/c1-11-9-13(17-22-11)10-18(2)15(19)8-7-12-5-3-4-6-14(12)16(20)21/h3-6,9H,7-8,10H2,1-2H3,(H,20,21). The molecule has 0 saturated heterocycles. The number of carbonyl (C=O) groups is 2. The van der Waals surface area contributed by atoms with Crippen molar-refractivity contribution in [3.63, 3.8) is 0 Å². The molecule has 1 aromatic carbocycles. The van der Waals surface area contributed by atoms with Crippen LogP contribution in [0.3, 0.4) is 0 Å². The van der Waals surface area contributed by atoms with Crippen molar-refractivity contribution >= 4 is 11.9 Å². The lowest BCUT2D eigenvalue weighted by molar-refractivity contribution is -0.130. The molecule has 0 fully saturated rings. The van der Waals surface area contributed by atoms with E-state index in [9.17, 15) is 9.59 Å². The summed E-state index contributed by atoms with van der Waals surface area (Å²) in [6.07, 6.45) is 0.640. The molecule has 0 radical (unpaired) electrons. The number of amides is 1. The zero-order valence-electron chi connectivity index (χ0n) is 12.6. The predicted octanol–water partition coefficient (Wildman–Crippen LogP) is 2.27. The maximum Gasteiger partial charge on any atom is 0.335 e. The average molecular weight is 302 g/mol. The highest BCUT2D eigenvalue weighted by Gasteiger charge is 2.14. The number of aromatic carboxylic acids is 1. The van der Waals surface area contributed by atoms with Gasteiger partial charge in [-0.3, -0.25) is 4.79 Å². The minimum atomic E-state index is -0.977. The van der Waals surface area contributed by atoms with Gasteiger partial charge < -0.3 is 14.5 Å². The van der Waals surface area contributed by atoms with Crippen molar-refractivity contribution in [2.75, 3.05) is 7.05 Å². The second kappa shape index (κ2) is 6.89. The third kappa shape index (κ3) is 3.94. The van der Waals surface area contributed by atoms with Crippen LogP contribution in [-0.2, 0) is 17.8 Å². The first kappa shape index (κ1) is 15.8. The molecule has 0 saturated carbocycles. The smallest absolute Gasteiger partial charge is 0.335 e. The minimum Gasteiger partial charge on any atom is -0.478 e. The van der Waals surface area contributed by atoms with Crippen molar-refractivity contribution in [1.29, 1.82) is 0 Å². The van der Waals surface area contributed by atoms with Gasteiger partial charge in [0.05, 0.1) is 12.1 Å². The van der Waals surface area contributed by atoms with Gasteiger partial charge in [-0.1, -0.05) is 23.4 Å². The number of hydrogen-bond donors (Lipinski definition) is 1. The first-order chi connectivity index (χ1) is 10.5. The fourth-order valence-corrected chi connectivity index (χ4v) is 2.20. The Labute approximate surface area is 128 Å². The summed E-state index contributed by atoms with van der Waals surface area (Å²) < 4.78 is 4.96. The van der Waals surface area contributed by atoms with Crippen molar-refractivity contribution < 1.29 is 19.2 Å². The molecule has 0 spiro atoms. The molecule has 1 N–H and O–H groups in total. The fraction of sp³-hybridized carbons (Fsp3) is 0.312. The molecule has 6 heteroatoms. The van der Waals surface area contributed by atoms with Crippen LogP contribution in [0.1, 0.15) is 33.8 Å². The molecule has 6 nitrogen and oxygen atoms in total. The first-order valence-corrected chi connectivity index (χ1v) is 6.94. The fourth-order valence-electron chi connectivity index (χ4n) is 2.20. The average Bonchev–Trinajstić information content (AvgIpc) is 2.90. The van der Waals surface area contributed by atoms with E-state index in [1.54, 1.807) is 49.2 Å². The van der Waals surface area contributed by atoms with Crippen molar-refractivity contribution in [2.45, 2.75) is 26.3 Å². The summed E-state index contributed by atoms with van der Waals surface area (Å²) in [7, 11) is 1.69. The van der Waals surface area contributed by atoms with Gasteiger partial charge in [0, 0.05) is 19.5 Å². The van der Waals surface area contributed by atoms with Gasteiger partial charge in [0.25, 0.3) is 0 Å². The molecule has 0 atom stereocenters. The van der Waals surface area contributed by atoms with E-state index in [4.69, 9.17) is 9.63 Å². The number of carbonyl (C=O) groups excluding carboxylic acids is 1. The number of carboxylic acid groups (broad SMARTS) is 1. The Morgan fingerprint density at radius 3 is 2.68 bits per heavy atom. The van der Waals surface area contributed by atoms with Crippen LogP contribution in [0.5, 0.6) is 0 Å². The summed E-state index contributed by atoms with van der Waals surface area (Å²) in [6.45, 7) is 2.16. The molecular weight excluding hydrogens is 284 g/mol. The molecule has 2 aromatic rings. The van der Waals surface area contributed by atoms with E-state index in [0.717, 1.165) is 0 Å². The highest BCUT2D eigenvalue weighted by atomic mass is 16.5.